The van der Waals surface area contributed by atoms with E-state index in [0.717, 1.165) is 12.2 Å². The van der Waals surface area contributed by atoms with Gasteiger partial charge in [-0.1, -0.05) is 13.8 Å². The van der Waals surface area contributed by atoms with Crippen LogP contribution < -0.4 is 10.6 Å². The molecule has 6 heteroatoms. The maximum atomic E-state index is 12.3. The zero-order valence-electron chi connectivity index (χ0n) is 14.0. The van der Waals surface area contributed by atoms with E-state index in [1.807, 2.05) is 0 Å². The number of esters is 1. The van der Waals surface area contributed by atoms with Crippen molar-refractivity contribution in [3.05, 3.63) is 53.9 Å². The van der Waals surface area contributed by atoms with Gasteiger partial charge in [0, 0.05) is 24.6 Å². The molecular formula is C18H21N3O3. The van der Waals surface area contributed by atoms with Gasteiger partial charge >= 0.3 is 5.97 Å². The first kappa shape index (κ1) is 17.5. The lowest BCUT2D eigenvalue weighted by molar-refractivity contribution is 0.0600. The second-order valence-corrected chi connectivity index (χ2v) is 5.76. The van der Waals surface area contributed by atoms with E-state index in [9.17, 15) is 9.59 Å². The van der Waals surface area contributed by atoms with Crippen LogP contribution in [0.3, 0.4) is 0 Å². The molecule has 1 amide bonds. The number of anilines is 2. The molecule has 0 radical (unpaired) electrons. The molecule has 2 rings (SSSR count). The Bertz CT molecular complexity index is 712. The number of carbonyl (C=O) groups excluding carboxylic acids is 2. The van der Waals surface area contributed by atoms with Gasteiger partial charge in [0.25, 0.3) is 5.91 Å². The molecule has 0 aliphatic carbocycles. The van der Waals surface area contributed by atoms with Crippen molar-refractivity contribution < 1.29 is 14.3 Å². The monoisotopic (exact) mass is 327 g/mol. The fraction of sp³-hybridized carbons (Fsp3) is 0.278. The third-order valence-electron chi connectivity index (χ3n) is 3.28. The fourth-order valence-corrected chi connectivity index (χ4v) is 1.99. The molecule has 1 aromatic heterocycles. The van der Waals surface area contributed by atoms with Crippen molar-refractivity contribution >= 4 is 23.3 Å². The Morgan fingerprint density at radius 2 is 1.79 bits per heavy atom. The van der Waals surface area contributed by atoms with Gasteiger partial charge in [-0.25, -0.2) is 4.79 Å². The first-order chi connectivity index (χ1) is 11.5. The minimum absolute atomic E-state index is 0.262. The van der Waals surface area contributed by atoms with Gasteiger partial charge in [0.2, 0.25) is 0 Å². The Kier molecular flexibility index (Phi) is 5.89. The van der Waals surface area contributed by atoms with Crippen molar-refractivity contribution in [2.45, 2.75) is 13.8 Å². The number of nitrogens with one attached hydrogen (secondary N) is 2. The highest BCUT2D eigenvalue weighted by molar-refractivity contribution is 6.04. The highest BCUT2D eigenvalue weighted by atomic mass is 16.5. The SMILES string of the molecule is COC(=O)c1ccc(NC(=O)c2cncc(NCC(C)C)c2)cc1. The maximum Gasteiger partial charge on any atom is 0.337 e. The average molecular weight is 327 g/mol. The Morgan fingerprint density at radius 3 is 2.42 bits per heavy atom. The van der Waals surface area contributed by atoms with E-state index in [2.05, 4.69) is 34.2 Å². The highest BCUT2D eigenvalue weighted by Crippen LogP contribution is 2.14. The van der Waals surface area contributed by atoms with E-state index in [0.29, 0.717) is 22.7 Å². The average Bonchev–Trinajstić information content (AvgIpc) is 2.60. The third-order valence-corrected chi connectivity index (χ3v) is 3.28. The predicted octanol–water partition coefficient (Wildman–Crippen LogP) is 3.19. The smallest absolute Gasteiger partial charge is 0.337 e. The molecule has 0 saturated carbocycles. The number of rotatable bonds is 6. The van der Waals surface area contributed by atoms with Gasteiger partial charge in [-0.3, -0.25) is 9.78 Å². The summed E-state index contributed by atoms with van der Waals surface area (Å²) >= 11 is 0. The number of ether oxygens (including phenoxy) is 1. The summed E-state index contributed by atoms with van der Waals surface area (Å²) in [5, 5.41) is 6.01. The van der Waals surface area contributed by atoms with Crippen LogP contribution in [0.2, 0.25) is 0 Å². The standard InChI is InChI=1S/C18H21N3O3/c1-12(2)9-20-16-8-14(10-19-11-16)17(22)21-15-6-4-13(5-7-15)18(23)24-3/h4-8,10-12,20H,9H2,1-3H3,(H,21,22). The van der Waals surface area contributed by atoms with Gasteiger partial charge in [0.05, 0.1) is 23.9 Å². The second-order valence-electron chi connectivity index (χ2n) is 5.76. The third kappa shape index (κ3) is 4.81. The molecule has 126 valence electrons. The van der Waals surface area contributed by atoms with Gasteiger partial charge in [-0.2, -0.15) is 0 Å². The number of hydrogen-bond donors (Lipinski definition) is 2. The summed E-state index contributed by atoms with van der Waals surface area (Å²) in [5.41, 5.74) is 2.28. The van der Waals surface area contributed by atoms with E-state index in [4.69, 9.17) is 0 Å². The van der Waals surface area contributed by atoms with Crippen molar-refractivity contribution in [1.82, 2.24) is 4.98 Å². The van der Waals surface area contributed by atoms with Crippen LogP contribution in [0.4, 0.5) is 11.4 Å². The number of carbonyl (C=O) groups is 2. The van der Waals surface area contributed by atoms with Crippen molar-refractivity contribution in [2.24, 2.45) is 5.92 Å². The molecule has 2 aromatic rings. The summed E-state index contributed by atoms with van der Waals surface area (Å²) in [5.74, 6) is -0.182. The molecule has 0 unspecified atom stereocenters. The molecule has 0 fully saturated rings. The molecular weight excluding hydrogens is 306 g/mol. The molecule has 6 nitrogen and oxygen atoms in total. The number of nitrogens with zero attached hydrogens (tertiary/aromatic N) is 1. The van der Waals surface area contributed by atoms with Crippen LogP contribution in [-0.2, 0) is 4.74 Å². The number of methoxy groups -OCH3 is 1. The molecule has 0 spiro atoms. The summed E-state index contributed by atoms with van der Waals surface area (Å²) in [6.45, 7) is 5.02. The van der Waals surface area contributed by atoms with Gasteiger partial charge in [-0.15, -0.1) is 0 Å². The normalized spacial score (nSPS) is 10.3. The number of benzene rings is 1. The van der Waals surface area contributed by atoms with Crippen LogP contribution in [0.1, 0.15) is 34.6 Å². The molecule has 0 aliphatic rings. The largest absolute Gasteiger partial charge is 0.465 e. The molecule has 1 aromatic carbocycles. The highest BCUT2D eigenvalue weighted by Gasteiger charge is 2.09. The molecule has 0 atom stereocenters. The molecule has 2 N–H and O–H groups in total. The zero-order valence-corrected chi connectivity index (χ0v) is 14.0. The number of pyridine rings is 1. The Morgan fingerprint density at radius 1 is 1.08 bits per heavy atom. The van der Waals surface area contributed by atoms with E-state index in [1.165, 1.54) is 13.3 Å². The quantitative estimate of drug-likeness (QED) is 0.797. The van der Waals surface area contributed by atoms with Crippen LogP contribution >= 0.6 is 0 Å². The summed E-state index contributed by atoms with van der Waals surface area (Å²) in [4.78, 5) is 27.8. The molecule has 0 aliphatic heterocycles. The lowest BCUT2D eigenvalue weighted by atomic mass is 10.2. The summed E-state index contributed by atoms with van der Waals surface area (Å²) < 4.78 is 4.64. The van der Waals surface area contributed by atoms with Gasteiger partial charge in [0.1, 0.15) is 0 Å². The molecule has 0 bridgehead atoms. The van der Waals surface area contributed by atoms with Crippen LogP contribution in [0.25, 0.3) is 0 Å². The van der Waals surface area contributed by atoms with Gasteiger partial charge in [0.15, 0.2) is 0 Å². The summed E-state index contributed by atoms with van der Waals surface area (Å²) in [6, 6.07) is 8.26. The fourth-order valence-electron chi connectivity index (χ4n) is 1.99. The van der Waals surface area contributed by atoms with Gasteiger partial charge in [-0.05, 0) is 36.2 Å². The Balaban J connectivity index is 2.04. The maximum absolute atomic E-state index is 12.3. The van der Waals surface area contributed by atoms with Crippen molar-refractivity contribution in [2.75, 3.05) is 24.3 Å². The molecule has 0 saturated heterocycles. The van der Waals surface area contributed by atoms with E-state index < -0.39 is 5.97 Å². The van der Waals surface area contributed by atoms with Crippen LogP contribution in [0, 0.1) is 5.92 Å². The van der Waals surface area contributed by atoms with Crippen molar-refractivity contribution in [3.63, 3.8) is 0 Å². The summed E-state index contributed by atoms with van der Waals surface area (Å²) in [6.07, 6.45) is 3.20. The Labute approximate surface area is 141 Å². The molecule has 24 heavy (non-hydrogen) atoms. The minimum Gasteiger partial charge on any atom is -0.465 e. The second kappa shape index (κ2) is 8.10. The van der Waals surface area contributed by atoms with E-state index >= 15 is 0 Å². The minimum atomic E-state index is -0.416. The van der Waals surface area contributed by atoms with Crippen molar-refractivity contribution in [1.29, 1.82) is 0 Å². The first-order valence-corrected chi connectivity index (χ1v) is 7.68. The van der Waals surface area contributed by atoms with E-state index in [-0.39, 0.29) is 5.91 Å². The number of aromatic nitrogens is 1. The first-order valence-electron chi connectivity index (χ1n) is 7.68. The van der Waals surface area contributed by atoms with Gasteiger partial charge < -0.3 is 15.4 Å². The van der Waals surface area contributed by atoms with Crippen LogP contribution in [0.15, 0.2) is 42.7 Å². The van der Waals surface area contributed by atoms with Crippen LogP contribution in [0.5, 0.6) is 0 Å². The zero-order chi connectivity index (χ0) is 17.5. The number of hydrogen-bond acceptors (Lipinski definition) is 5. The lowest BCUT2D eigenvalue weighted by Crippen LogP contribution is -2.14. The predicted molar refractivity (Wildman–Crippen MR) is 93.3 cm³/mol. The van der Waals surface area contributed by atoms with Crippen molar-refractivity contribution in [3.8, 4) is 0 Å². The topological polar surface area (TPSA) is 80.3 Å². The van der Waals surface area contributed by atoms with E-state index in [1.54, 1.807) is 36.5 Å². The number of amides is 1. The summed E-state index contributed by atoms with van der Waals surface area (Å²) in [7, 11) is 1.32. The molecule has 1 heterocycles. The van der Waals surface area contributed by atoms with Crippen LogP contribution in [-0.4, -0.2) is 30.5 Å². The Hall–Kier alpha value is -2.89. The lowest BCUT2D eigenvalue weighted by Gasteiger charge is -2.10.